The third kappa shape index (κ3) is 4.79. The van der Waals surface area contributed by atoms with Gasteiger partial charge in [0.1, 0.15) is 11.4 Å². The van der Waals surface area contributed by atoms with Crippen LogP contribution in [-0.2, 0) is 4.74 Å². The van der Waals surface area contributed by atoms with E-state index in [0.717, 1.165) is 48.2 Å². The summed E-state index contributed by atoms with van der Waals surface area (Å²) in [4.78, 5) is 18.9. The molecular formula is C22H29N3O2. The van der Waals surface area contributed by atoms with Crippen molar-refractivity contribution in [3.05, 3.63) is 48.4 Å². The number of carbonyl (C=O) groups is 1. The maximum atomic E-state index is 11.8. The second kappa shape index (κ2) is 7.59. The number of fused-ring (bicyclic) bond motifs is 1. The molecule has 1 N–H and O–H groups in total. The molecule has 1 aliphatic rings. The molecule has 0 bridgehead atoms. The third-order valence-electron chi connectivity index (χ3n) is 4.71. The molecule has 144 valence electrons. The Bertz CT molecular complexity index is 846. The zero-order chi connectivity index (χ0) is 19.6. The minimum atomic E-state index is -0.238. The largest absolute Gasteiger partial charge is 0.474 e. The summed E-state index contributed by atoms with van der Waals surface area (Å²) >= 11 is 0. The van der Waals surface area contributed by atoms with Crippen molar-refractivity contribution in [2.45, 2.75) is 52.2 Å². The van der Waals surface area contributed by atoms with Crippen molar-refractivity contribution in [3.63, 3.8) is 0 Å². The van der Waals surface area contributed by atoms with Crippen molar-refractivity contribution in [1.82, 2.24) is 10.3 Å². The van der Waals surface area contributed by atoms with Crippen molar-refractivity contribution < 1.29 is 9.53 Å². The minimum Gasteiger partial charge on any atom is -0.474 e. The van der Waals surface area contributed by atoms with Gasteiger partial charge in [0, 0.05) is 30.1 Å². The summed E-state index contributed by atoms with van der Waals surface area (Å²) in [5, 5.41) is 4.31. The zero-order valence-electron chi connectivity index (χ0n) is 16.7. The molecule has 0 spiro atoms. The Hall–Kier alpha value is -2.56. The number of aromatic nitrogens is 1. The van der Waals surface area contributed by atoms with Crippen LogP contribution in [0.25, 0.3) is 10.9 Å². The molecule has 2 aromatic rings. The molecule has 0 amide bonds. The van der Waals surface area contributed by atoms with Gasteiger partial charge in [-0.15, -0.1) is 0 Å². The van der Waals surface area contributed by atoms with Crippen LogP contribution in [-0.4, -0.2) is 35.5 Å². The summed E-state index contributed by atoms with van der Waals surface area (Å²) < 4.78 is 5.77. The van der Waals surface area contributed by atoms with Gasteiger partial charge >= 0.3 is 0 Å². The number of benzene rings is 1. The van der Waals surface area contributed by atoms with E-state index < -0.39 is 0 Å². The Kier molecular flexibility index (Phi) is 5.40. The highest BCUT2D eigenvalue weighted by Crippen LogP contribution is 2.24. The Labute approximate surface area is 161 Å². The molecule has 0 unspecified atom stereocenters. The first kappa shape index (κ1) is 19.2. The summed E-state index contributed by atoms with van der Waals surface area (Å²) in [7, 11) is 0. The number of rotatable bonds is 5. The summed E-state index contributed by atoms with van der Waals surface area (Å²) in [5.74, 6) is 1.67. The quantitative estimate of drug-likeness (QED) is 0.631. The molecule has 0 saturated carbocycles. The van der Waals surface area contributed by atoms with Crippen molar-refractivity contribution >= 4 is 22.5 Å². The van der Waals surface area contributed by atoms with Gasteiger partial charge in [0.15, 0.2) is 11.7 Å². The molecule has 0 radical (unpaired) electrons. The van der Waals surface area contributed by atoms with Crippen LogP contribution in [0.2, 0.25) is 0 Å². The van der Waals surface area contributed by atoms with Crippen LogP contribution in [0.5, 0.6) is 0 Å². The van der Waals surface area contributed by atoms with Crippen LogP contribution in [0, 0.1) is 0 Å². The number of piperidine rings is 1. The van der Waals surface area contributed by atoms with E-state index in [9.17, 15) is 4.79 Å². The molecule has 1 fully saturated rings. The second-order valence-electron chi connectivity index (χ2n) is 8.14. The number of Topliss-reactive ketones (excluding diaryl/α,β-unsaturated/α-hetero) is 1. The molecule has 5 nitrogen and oxygen atoms in total. The summed E-state index contributed by atoms with van der Waals surface area (Å²) in [6.45, 7) is 13.5. The van der Waals surface area contributed by atoms with Gasteiger partial charge in [-0.05, 0) is 65.3 Å². The van der Waals surface area contributed by atoms with Gasteiger partial charge in [0.25, 0.3) is 0 Å². The molecule has 27 heavy (non-hydrogen) atoms. The lowest BCUT2D eigenvalue weighted by Crippen LogP contribution is -2.43. The predicted molar refractivity (Wildman–Crippen MR) is 110 cm³/mol. The summed E-state index contributed by atoms with van der Waals surface area (Å²) in [6.07, 6.45) is 2.00. The highest BCUT2D eigenvalue weighted by atomic mass is 16.5. The predicted octanol–water partition coefficient (Wildman–Crippen LogP) is 4.28. The third-order valence-corrected chi connectivity index (χ3v) is 4.71. The minimum absolute atomic E-state index is 0.0692. The Morgan fingerprint density at radius 1 is 1.22 bits per heavy atom. The first-order chi connectivity index (χ1) is 12.7. The fourth-order valence-electron chi connectivity index (χ4n) is 3.51. The molecule has 5 heteroatoms. The lowest BCUT2D eigenvalue weighted by molar-refractivity contribution is 0.0375. The molecule has 1 saturated heterocycles. The summed E-state index contributed by atoms with van der Waals surface area (Å²) in [6, 6.07) is 10.1. The van der Waals surface area contributed by atoms with E-state index in [0.29, 0.717) is 11.9 Å². The molecule has 3 rings (SSSR count). The van der Waals surface area contributed by atoms with Gasteiger partial charge in [-0.2, -0.15) is 0 Å². The number of ketones is 1. The fourth-order valence-corrected chi connectivity index (χ4v) is 3.51. The van der Waals surface area contributed by atoms with E-state index >= 15 is 0 Å². The fraction of sp³-hybridized carbons (Fsp3) is 0.455. The highest BCUT2D eigenvalue weighted by molar-refractivity contribution is 6.06. The first-order valence-corrected chi connectivity index (χ1v) is 9.53. The lowest BCUT2D eigenvalue weighted by Gasteiger charge is -2.35. The van der Waals surface area contributed by atoms with Crippen LogP contribution >= 0.6 is 0 Å². The topological polar surface area (TPSA) is 54.5 Å². The van der Waals surface area contributed by atoms with Gasteiger partial charge in [-0.25, -0.2) is 4.98 Å². The van der Waals surface area contributed by atoms with Crippen LogP contribution in [0.15, 0.2) is 42.8 Å². The van der Waals surface area contributed by atoms with E-state index in [2.05, 4.69) is 16.8 Å². The first-order valence-electron chi connectivity index (χ1n) is 9.53. The van der Waals surface area contributed by atoms with Gasteiger partial charge in [0.2, 0.25) is 0 Å². The number of pyridine rings is 1. The zero-order valence-corrected chi connectivity index (χ0v) is 16.7. The molecule has 1 aliphatic heterocycles. The molecule has 0 atom stereocenters. The maximum absolute atomic E-state index is 11.8. The number of nitrogens with zero attached hydrogens (tertiary/aromatic N) is 2. The number of carbonyl (C=O) groups excluding carboxylic acids is 1. The smallest absolute Gasteiger partial charge is 0.180 e. The van der Waals surface area contributed by atoms with Crippen molar-refractivity contribution in [2.75, 3.05) is 18.0 Å². The Morgan fingerprint density at radius 3 is 2.56 bits per heavy atom. The van der Waals surface area contributed by atoms with Crippen LogP contribution in [0.3, 0.4) is 0 Å². The van der Waals surface area contributed by atoms with E-state index in [4.69, 9.17) is 9.72 Å². The van der Waals surface area contributed by atoms with Crippen LogP contribution in [0.4, 0.5) is 5.82 Å². The lowest BCUT2D eigenvalue weighted by atomic mass is 10.0. The van der Waals surface area contributed by atoms with Crippen molar-refractivity contribution in [2.24, 2.45) is 0 Å². The number of nitrogens with one attached hydrogen (secondary N) is 1. The second-order valence-corrected chi connectivity index (χ2v) is 8.14. The molecule has 0 aliphatic carbocycles. The normalized spacial score (nSPS) is 15.6. The standard InChI is InChI=1S/C22H29N3O2/c1-15(26)18-7-6-8-20-19(18)9-10-21(24-20)25-13-11-17(12-14-25)23-16(2)27-22(3,4)5/h6-10,17,23H,2,11-14H2,1,3-5H3. The van der Waals surface area contributed by atoms with Crippen molar-refractivity contribution in [1.29, 1.82) is 0 Å². The van der Waals surface area contributed by atoms with E-state index in [1.807, 2.05) is 51.1 Å². The average molecular weight is 367 g/mol. The number of ether oxygens (including phenoxy) is 1. The Balaban J connectivity index is 1.64. The molecular weight excluding hydrogens is 338 g/mol. The summed E-state index contributed by atoms with van der Waals surface area (Å²) in [5.41, 5.74) is 1.36. The molecule has 1 aromatic carbocycles. The highest BCUT2D eigenvalue weighted by Gasteiger charge is 2.22. The van der Waals surface area contributed by atoms with Crippen molar-refractivity contribution in [3.8, 4) is 0 Å². The van der Waals surface area contributed by atoms with E-state index in [1.54, 1.807) is 6.92 Å². The number of hydrogen-bond acceptors (Lipinski definition) is 5. The van der Waals surface area contributed by atoms with Gasteiger partial charge in [0.05, 0.1) is 5.52 Å². The SMILES string of the molecule is C=C(NC1CCN(c2ccc3c(C(C)=O)cccc3n2)CC1)OC(C)(C)C. The van der Waals surface area contributed by atoms with Crippen LogP contribution in [0.1, 0.15) is 50.9 Å². The average Bonchev–Trinajstić information content (AvgIpc) is 2.59. The maximum Gasteiger partial charge on any atom is 0.180 e. The van der Waals surface area contributed by atoms with E-state index in [-0.39, 0.29) is 11.4 Å². The number of hydrogen-bond donors (Lipinski definition) is 1. The monoisotopic (exact) mass is 367 g/mol. The van der Waals surface area contributed by atoms with Gasteiger partial charge in [-0.1, -0.05) is 12.1 Å². The molecule has 2 heterocycles. The Morgan fingerprint density at radius 2 is 1.93 bits per heavy atom. The molecule has 1 aromatic heterocycles. The number of anilines is 1. The van der Waals surface area contributed by atoms with Gasteiger partial charge in [-0.3, -0.25) is 4.79 Å². The van der Waals surface area contributed by atoms with E-state index in [1.165, 1.54) is 0 Å². The van der Waals surface area contributed by atoms with Gasteiger partial charge < -0.3 is 15.0 Å². The van der Waals surface area contributed by atoms with Crippen LogP contribution < -0.4 is 10.2 Å².